The van der Waals surface area contributed by atoms with Crippen LogP contribution in [0.4, 0.5) is 11.4 Å². The maximum absolute atomic E-state index is 5.89. The highest BCUT2D eigenvalue weighted by molar-refractivity contribution is 5.81. The third-order valence-corrected chi connectivity index (χ3v) is 4.66. The van der Waals surface area contributed by atoms with Crippen LogP contribution in [-0.2, 0) is 0 Å². The van der Waals surface area contributed by atoms with E-state index in [0.717, 1.165) is 51.0 Å². The number of aromatic amines is 1. The normalized spacial score (nSPS) is 10.8. The summed E-state index contributed by atoms with van der Waals surface area (Å²) in [6.45, 7) is 1.97. The molecule has 0 atom stereocenters. The number of aryl methyl sites for hydroxylation is 1. The van der Waals surface area contributed by atoms with Crippen LogP contribution in [0.15, 0.2) is 85.3 Å². The molecule has 0 bridgehead atoms. The standard InChI is InChI=1S/C24H19N5O/c1-16-13-19(7-12-26-16)27-18-4-2-3-17(14-18)24-28-22-6-5-21(15-23(22)29-24)30-20-8-10-25-11-9-20/h2-15H,1H3,(H,26,27)(H,28,29). The minimum atomic E-state index is 0.743. The third kappa shape index (κ3) is 3.84. The van der Waals surface area contributed by atoms with Gasteiger partial charge in [0.2, 0.25) is 0 Å². The number of fused-ring (bicyclic) bond motifs is 1. The van der Waals surface area contributed by atoms with Gasteiger partial charge >= 0.3 is 0 Å². The fourth-order valence-electron chi connectivity index (χ4n) is 3.27. The van der Waals surface area contributed by atoms with Crippen molar-refractivity contribution in [1.82, 2.24) is 19.9 Å². The Hall–Kier alpha value is -4.19. The van der Waals surface area contributed by atoms with Crippen molar-refractivity contribution in [3.8, 4) is 22.9 Å². The van der Waals surface area contributed by atoms with Crippen LogP contribution in [0.1, 0.15) is 5.69 Å². The van der Waals surface area contributed by atoms with Gasteiger partial charge in [-0.2, -0.15) is 0 Å². The molecule has 0 aliphatic heterocycles. The van der Waals surface area contributed by atoms with Gasteiger partial charge in [0.05, 0.1) is 11.0 Å². The van der Waals surface area contributed by atoms with E-state index in [1.165, 1.54) is 0 Å². The molecule has 0 radical (unpaired) electrons. The highest BCUT2D eigenvalue weighted by atomic mass is 16.5. The first-order valence-electron chi connectivity index (χ1n) is 9.61. The van der Waals surface area contributed by atoms with E-state index in [2.05, 4.69) is 26.3 Å². The lowest BCUT2D eigenvalue weighted by atomic mass is 10.2. The zero-order valence-electron chi connectivity index (χ0n) is 16.3. The summed E-state index contributed by atoms with van der Waals surface area (Å²) in [5.74, 6) is 2.29. The molecule has 3 heterocycles. The van der Waals surface area contributed by atoms with Crippen LogP contribution in [0.25, 0.3) is 22.4 Å². The van der Waals surface area contributed by atoms with Crippen molar-refractivity contribution >= 4 is 22.4 Å². The van der Waals surface area contributed by atoms with Gasteiger partial charge in [-0.3, -0.25) is 9.97 Å². The van der Waals surface area contributed by atoms with E-state index in [9.17, 15) is 0 Å². The lowest BCUT2D eigenvalue weighted by Gasteiger charge is -2.08. The summed E-state index contributed by atoms with van der Waals surface area (Å²) in [5, 5.41) is 3.42. The lowest BCUT2D eigenvalue weighted by Crippen LogP contribution is -1.92. The average molecular weight is 393 g/mol. The summed E-state index contributed by atoms with van der Waals surface area (Å²) in [4.78, 5) is 16.4. The Labute approximate surface area is 173 Å². The van der Waals surface area contributed by atoms with Crippen molar-refractivity contribution in [1.29, 1.82) is 0 Å². The summed E-state index contributed by atoms with van der Waals surface area (Å²) in [7, 11) is 0. The lowest BCUT2D eigenvalue weighted by molar-refractivity contribution is 0.482. The van der Waals surface area contributed by atoms with Crippen LogP contribution in [0.5, 0.6) is 11.5 Å². The smallest absolute Gasteiger partial charge is 0.138 e. The summed E-state index contributed by atoms with van der Waals surface area (Å²) < 4.78 is 5.89. The Morgan fingerprint density at radius 2 is 1.70 bits per heavy atom. The van der Waals surface area contributed by atoms with Gasteiger partial charge in [-0.1, -0.05) is 12.1 Å². The molecule has 0 spiro atoms. The topological polar surface area (TPSA) is 75.7 Å². The number of aromatic nitrogens is 4. The van der Waals surface area contributed by atoms with Gasteiger partial charge in [0.1, 0.15) is 17.3 Å². The molecule has 2 aromatic carbocycles. The van der Waals surface area contributed by atoms with Crippen LogP contribution in [0, 0.1) is 6.92 Å². The second-order valence-electron chi connectivity index (χ2n) is 6.94. The molecule has 6 heteroatoms. The summed E-state index contributed by atoms with van der Waals surface area (Å²) in [6.07, 6.45) is 5.21. The predicted molar refractivity (Wildman–Crippen MR) is 118 cm³/mol. The average Bonchev–Trinajstić information content (AvgIpc) is 3.18. The van der Waals surface area contributed by atoms with Crippen molar-refractivity contribution in [3.63, 3.8) is 0 Å². The van der Waals surface area contributed by atoms with E-state index in [4.69, 9.17) is 9.72 Å². The van der Waals surface area contributed by atoms with Crippen LogP contribution in [-0.4, -0.2) is 19.9 Å². The molecule has 146 valence electrons. The maximum atomic E-state index is 5.89. The van der Waals surface area contributed by atoms with Crippen molar-refractivity contribution in [2.24, 2.45) is 0 Å². The quantitative estimate of drug-likeness (QED) is 0.391. The number of imidazole rings is 1. The Kier molecular flexibility index (Phi) is 4.57. The largest absolute Gasteiger partial charge is 0.457 e. The van der Waals surface area contributed by atoms with Crippen LogP contribution < -0.4 is 10.1 Å². The van der Waals surface area contributed by atoms with Gasteiger partial charge in [-0.15, -0.1) is 0 Å². The second kappa shape index (κ2) is 7.67. The van der Waals surface area contributed by atoms with Gasteiger partial charge in [-0.05, 0) is 55.5 Å². The number of pyridine rings is 2. The zero-order valence-corrected chi connectivity index (χ0v) is 16.3. The van der Waals surface area contributed by atoms with Crippen molar-refractivity contribution < 1.29 is 4.74 Å². The van der Waals surface area contributed by atoms with Crippen LogP contribution in [0.2, 0.25) is 0 Å². The van der Waals surface area contributed by atoms with E-state index in [1.807, 2.05) is 67.6 Å². The van der Waals surface area contributed by atoms with Crippen molar-refractivity contribution in [3.05, 3.63) is 91.0 Å². The fourth-order valence-corrected chi connectivity index (χ4v) is 3.27. The fraction of sp³-hybridized carbons (Fsp3) is 0.0417. The van der Waals surface area contributed by atoms with E-state index in [1.54, 1.807) is 18.6 Å². The Morgan fingerprint density at radius 1 is 0.833 bits per heavy atom. The number of ether oxygens (including phenoxy) is 1. The second-order valence-corrected chi connectivity index (χ2v) is 6.94. The number of H-pyrrole nitrogens is 1. The summed E-state index contributed by atoms with van der Waals surface area (Å²) >= 11 is 0. The van der Waals surface area contributed by atoms with Crippen molar-refractivity contribution in [2.75, 3.05) is 5.32 Å². The predicted octanol–water partition coefficient (Wildman–Crippen LogP) is 5.86. The summed E-state index contributed by atoms with van der Waals surface area (Å²) in [5.41, 5.74) is 5.76. The SMILES string of the molecule is Cc1cc(Nc2cccc(-c3nc4ccc(Oc5ccncc5)cc4[nH]3)c2)ccn1. The number of nitrogens with zero attached hydrogens (tertiary/aromatic N) is 3. The monoisotopic (exact) mass is 393 g/mol. The van der Waals surface area contributed by atoms with E-state index >= 15 is 0 Å². The number of benzene rings is 2. The molecule has 0 saturated heterocycles. The molecule has 0 unspecified atom stereocenters. The molecular formula is C24H19N5O. The van der Waals surface area contributed by atoms with Gasteiger partial charge in [0.25, 0.3) is 0 Å². The van der Waals surface area contributed by atoms with Crippen LogP contribution in [0.3, 0.4) is 0 Å². The molecule has 3 aromatic heterocycles. The van der Waals surface area contributed by atoms with E-state index in [-0.39, 0.29) is 0 Å². The zero-order chi connectivity index (χ0) is 20.3. The maximum Gasteiger partial charge on any atom is 0.138 e. The Morgan fingerprint density at radius 3 is 2.57 bits per heavy atom. The molecule has 2 N–H and O–H groups in total. The first-order valence-corrected chi connectivity index (χ1v) is 9.61. The molecular weight excluding hydrogens is 374 g/mol. The van der Waals surface area contributed by atoms with Gasteiger partial charge in [0.15, 0.2) is 0 Å². The van der Waals surface area contributed by atoms with Gasteiger partial charge < -0.3 is 15.0 Å². The van der Waals surface area contributed by atoms with Crippen LogP contribution >= 0.6 is 0 Å². The molecule has 0 aliphatic carbocycles. The molecule has 0 amide bonds. The van der Waals surface area contributed by atoms with E-state index < -0.39 is 0 Å². The molecule has 5 rings (SSSR count). The number of nitrogens with one attached hydrogen (secondary N) is 2. The van der Waals surface area contributed by atoms with Crippen molar-refractivity contribution in [2.45, 2.75) is 6.92 Å². The highest BCUT2D eigenvalue weighted by Crippen LogP contribution is 2.28. The summed E-state index contributed by atoms with van der Waals surface area (Å²) in [6, 6.07) is 21.6. The first-order chi connectivity index (χ1) is 14.7. The molecule has 30 heavy (non-hydrogen) atoms. The number of hydrogen-bond acceptors (Lipinski definition) is 5. The number of anilines is 2. The Bertz CT molecular complexity index is 1310. The van der Waals surface area contributed by atoms with Gasteiger partial charge in [-0.25, -0.2) is 4.98 Å². The number of hydrogen-bond donors (Lipinski definition) is 2. The van der Waals surface area contributed by atoms with E-state index in [0.29, 0.717) is 0 Å². The third-order valence-electron chi connectivity index (χ3n) is 4.66. The molecule has 6 nitrogen and oxygen atoms in total. The Balaban J connectivity index is 1.42. The minimum Gasteiger partial charge on any atom is -0.457 e. The minimum absolute atomic E-state index is 0.743. The van der Waals surface area contributed by atoms with Gasteiger partial charge in [0, 0.05) is 47.3 Å². The molecule has 5 aromatic rings. The molecule has 0 aliphatic rings. The first kappa shape index (κ1) is 17.9. The molecule has 0 saturated carbocycles. The number of rotatable bonds is 5. The highest BCUT2D eigenvalue weighted by Gasteiger charge is 2.08. The molecule has 0 fully saturated rings.